The van der Waals surface area contributed by atoms with Gasteiger partial charge in [-0.1, -0.05) is 17.7 Å². The third-order valence-corrected chi connectivity index (χ3v) is 5.27. The molecule has 0 atom stereocenters. The molecule has 0 spiro atoms. The van der Waals surface area contributed by atoms with E-state index in [1.807, 2.05) is 7.05 Å². The first-order valence-corrected chi connectivity index (χ1v) is 8.68. The van der Waals surface area contributed by atoms with Gasteiger partial charge in [0.1, 0.15) is 0 Å². The molecule has 126 valence electrons. The summed E-state index contributed by atoms with van der Waals surface area (Å²) >= 11 is 7.42. The molecule has 0 aliphatic carbocycles. The van der Waals surface area contributed by atoms with Gasteiger partial charge in [-0.25, -0.2) is 4.98 Å². The molecule has 0 saturated carbocycles. The maximum absolute atomic E-state index is 12.1. The SMILES string of the molecule is Cc1c(Cl)cccc1NC(=O)C(=O)Nc1nc2c(s1)CN(C)CC2. The molecular weight excluding hydrogens is 348 g/mol. The molecule has 2 heterocycles. The highest BCUT2D eigenvalue weighted by atomic mass is 35.5. The number of halogens is 1. The Hall–Kier alpha value is -1.96. The number of aromatic nitrogens is 1. The number of benzene rings is 1. The molecule has 1 aromatic heterocycles. The fraction of sp³-hybridized carbons (Fsp3) is 0.312. The summed E-state index contributed by atoms with van der Waals surface area (Å²) in [5, 5.41) is 6.14. The molecule has 1 aromatic carbocycles. The zero-order valence-corrected chi connectivity index (χ0v) is 14.9. The van der Waals surface area contributed by atoms with Gasteiger partial charge in [0, 0.05) is 35.1 Å². The van der Waals surface area contributed by atoms with E-state index in [0.717, 1.165) is 30.1 Å². The third-order valence-electron chi connectivity index (χ3n) is 3.86. The number of hydrogen-bond donors (Lipinski definition) is 2. The van der Waals surface area contributed by atoms with Crippen LogP contribution in [0.2, 0.25) is 5.02 Å². The average molecular weight is 365 g/mol. The number of thiazole rings is 1. The number of nitrogens with zero attached hydrogens (tertiary/aromatic N) is 2. The number of hydrogen-bond acceptors (Lipinski definition) is 5. The van der Waals surface area contributed by atoms with Crippen molar-refractivity contribution < 1.29 is 9.59 Å². The minimum atomic E-state index is -0.745. The molecule has 8 heteroatoms. The summed E-state index contributed by atoms with van der Waals surface area (Å²) in [5.41, 5.74) is 2.23. The van der Waals surface area contributed by atoms with E-state index < -0.39 is 11.8 Å². The molecule has 24 heavy (non-hydrogen) atoms. The Morgan fingerprint density at radius 3 is 2.83 bits per heavy atom. The number of nitrogens with one attached hydrogen (secondary N) is 2. The van der Waals surface area contributed by atoms with Crippen LogP contribution in [0.4, 0.5) is 10.8 Å². The highest BCUT2D eigenvalue weighted by Crippen LogP contribution is 2.28. The number of carbonyl (C=O) groups is 2. The lowest BCUT2D eigenvalue weighted by Gasteiger charge is -2.20. The average Bonchev–Trinajstić information content (AvgIpc) is 2.93. The number of fused-ring (bicyclic) bond motifs is 1. The molecule has 0 saturated heterocycles. The maximum atomic E-state index is 12.1. The summed E-state index contributed by atoms with van der Waals surface area (Å²) in [6.45, 7) is 3.54. The lowest BCUT2D eigenvalue weighted by molar-refractivity contribution is -0.133. The molecular formula is C16H17ClN4O2S. The second-order valence-corrected chi connectivity index (χ2v) is 7.19. The molecule has 0 fully saturated rings. The Morgan fingerprint density at radius 2 is 2.04 bits per heavy atom. The van der Waals surface area contributed by atoms with E-state index in [1.54, 1.807) is 25.1 Å². The minimum absolute atomic E-state index is 0.457. The van der Waals surface area contributed by atoms with Gasteiger partial charge in [0.05, 0.1) is 5.69 Å². The summed E-state index contributed by atoms with van der Waals surface area (Å²) in [5.74, 6) is -1.49. The topological polar surface area (TPSA) is 74.3 Å². The second-order valence-electron chi connectivity index (χ2n) is 5.70. The molecule has 0 radical (unpaired) electrons. The maximum Gasteiger partial charge on any atom is 0.315 e. The first-order chi connectivity index (χ1) is 11.4. The third kappa shape index (κ3) is 3.58. The molecule has 2 aromatic rings. The minimum Gasteiger partial charge on any atom is -0.317 e. The van der Waals surface area contributed by atoms with Crippen LogP contribution in [0.1, 0.15) is 16.1 Å². The van der Waals surface area contributed by atoms with Crippen molar-refractivity contribution >= 4 is 45.6 Å². The fourth-order valence-corrected chi connectivity index (χ4v) is 3.71. The highest BCUT2D eigenvalue weighted by molar-refractivity contribution is 7.16. The summed E-state index contributed by atoms with van der Waals surface area (Å²) in [6.07, 6.45) is 0.853. The van der Waals surface area contributed by atoms with E-state index in [-0.39, 0.29) is 0 Å². The number of rotatable bonds is 2. The summed E-state index contributed by atoms with van der Waals surface area (Å²) in [7, 11) is 2.04. The van der Waals surface area contributed by atoms with Crippen molar-refractivity contribution in [3.63, 3.8) is 0 Å². The van der Waals surface area contributed by atoms with E-state index in [9.17, 15) is 9.59 Å². The van der Waals surface area contributed by atoms with Crippen molar-refractivity contribution in [3.8, 4) is 0 Å². The Bertz CT molecular complexity index is 805. The summed E-state index contributed by atoms with van der Waals surface area (Å²) < 4.78 is 0. The predicted octanol–water partition coefficient (Wildman–Crippen LogP) is 2.67. The van der Waals surface area contributed by atoms with Crippen molar-refractivity contribution in [2.24, 2.45) is 0 Å². The van der Waals surface area contributed by atoms with Gasteiger partial charge in [-0.3, -0.25) is 14.9 Å². The molecule has 6 nitrogen and oxygen atoms in total. The van der Waals surface area contributed by atoms with Crippen molar-refractivity contribution in [1.29, 1.82) is 0 Å². The van der Waals surface area contributed by atoms with E-state index >= 15 is 0 Å². The van der Waals surface area contributed by atoms with Gasteiger partial charge in [-0.2, -0.15) is 0 Å². The molecule has 1 aliphatic rings. The van der Waals surface area contributed by atoms with Crippen LogP contribution < -0.4 is 10.6 Å². The summed E-state index contributed by atoms with van der Waals surface area (Å²) in [4.78, 5) is 31.9. The van der Waals surface area contributed by atoms with Gasteiger partial charge >= 0.3 is 11.8 Å². The number of likely N-dealkylation sites (N-methyl/N-ethyl adjacent to an activating group) is 1. The van der Waals surface area contributed by atoms with Crippen molar-refractivity contribution in [2.75, 3.05) is 24.2 Å². The van der Waals surface area contributed by atoms with Crippen LogP contribution in [0.15, 0.2) is 18.2 Å². The Labute approximate surface area is 148 Å². The van der Waals surface area contributed by atoms with E-state index in [1.165, 1.54) is 11.3 Å². The van der Waals surface area contributed by atoms with E-state index in [4.69, 9.17) is 11.6 Å². The van der Waals surface area contributed by atoms with Crippen LogP contribution in [0.25, 0.3) is 0 Å². The van der Waals surface area contributed by atoms with Crippen LogP contribution in [-0.4, -0.2) is 35.3 Å². The molecule has 1 aliphatic heterocycles. The molecule has 0 bridgehead atoms. The van der Waals surface area contributed by atoms with Crippen molar-refractivity contribution in [2.45, 2.75) is 19.9 Å². The molecule has 3 rings (SSSR count). The lowest BCUT2D eigenvalue weighted by Crippen LogP contribution is -2.29. The number of anilines is 2. The summed E-state index contributed by atoms with van der Waals surface area (Å²) in [6, 6.07) is 5.14. The molecule has 2 N–H and O–H groups in total. The largest absolute Gasteiger partial charge is 0.317 e. The standard InChI is InChI=1S/C16H17ClN4O2S/c1-9-10(17)4-3-5-11(9)18-14(22)15(23)20-16-19-12-6-7-21(2)8-13(12)24-16/h3-5H,6-8H2,1-2H3,(H,18,22)(H,19,20,23). The van der Waals surface area contributed by atoms with Gasteiger partial charge in [0.2, 0.25) is 0 Å². The predicted molar refractivity (Wildman–Crippen MR) is 95.6 cm³/mol. The van der Waals surface area contributed by atoms with Gasteiger partial charge in [-0.15, -0.1) is 11.3 Å². The van der Waals surface area contributed by atoms with Crippen LogP contribution in [0, 0.1) is 6.92 Å². The van der Waals surface area contributed by atoms with Crippen LogP contribution in [0.5, 0.6) is 0 Å². The van der Waals surface area contributed by atoms with Gasteiger partial charge in [0.25, 0.3) is 0 Å². The quantitative estimate of drug-likeness (QED) is 0.803. The van der Waals surface area contributed by atoms with Gasteiger partial charge in [-0.05, 0) is 31.7 Å². The number of carbonyl (C=O) groups excluding carboxylic acids is 2. The monoisotopic (exact) mass is 364 g/mol. The zero-order valence-electron chi connectivity index (χ0n) is 13.4. The Kier molecular flexibility index (Phi) is 4.84. The number of amides is 2. The van der Waals surface area contributed by atoms with Gasteiger partial charge in [0.15, 0.2) is 5.13 Å². The van der Waals surface area contributed by atoms with E-state index in [2.05, 4.69) is 20.5 Å². The lowest BCUT2D eigenvalue weighted by atomic mass is 10.2. The zero-order chi connectivity index (χ0) is 17.3. The molecule has 2 amide bonds. The first-order valence-electron chi connectivity index (χ1n) is 7.48. The van der Waals surface area contributed by atoms with Crippen LogP contribution in [-0.2, 0) is 22.6 Å². The first kappa shape index (κ1) is 16.9. The van der Waals surface area contributed by atoms with Crippen molar-refractivity contribution in [1.82, 2.24) is 9.88 Å². The second kappa shape index (κ2) is 6.88. The fourth-order valence-electron chi connectivity index (χ4n) is 2.45. The normalized spacial score (nSPS) is 14.1. The Morgan fingerprint density at radius 1 is 1.29 bits per heavy atom. The van der Waals surface area contributed by atoms with Crippen molar-refractivity contribution in [3.05, 3.63) is 39.4 Å². The smallest absolute Gasteiger partial charge is 0.315 e. The van der Waals surface area contributed by atoms with Crippen LogP contribution in [0.3, 0.4) is 0 Å². The van der Waals surface area contributed by atoms with Crippen LogP contribution >= 0.6 is 22.9 Å². The highest BCUT2D eigenvalue weighted by Gasteiger charge is 2.21. The Balaban J connectivity index is 1.66. The molecule has 0 unspecified atom stereocenters. The van der Waals surface area contributed by atoms with Gasteiger partial charge < -0.3 is 10.2 Å². The van der Waals surface area contributed by atoms with E-state index in [0.29, 0.717) is 21.4 Å².